The lowest BCUT2D eigenvalue weighted by molar-refractivity contribution is -0.171. The zero-order valence-electron chi connectivity index (χ0n) is 16.0. The summed E-state index contributed by atoms with van der Waals surface area (Å²) in [5, 5.41) is 2.66. The van der Waals surface area contributed by atoms with Gasteiger partial charge in [-0.1, -0.05) is 45.7 Å². The number of rotatable bonds is 11. The number of nitrogens with one attached hydrogen (secondary N) is 1. The molecule has 2 aromatic carbocycles. The van der Waals surface area contributed by atoms with Crippen LogP contribution in [0.4, 0.5) is 0 Å². The van der Waals surface area contributed by atoms with Gasteiger partial charge in [0.05, 0.1) is 13.2 Å². The van der Waals surface area contributed by atoms with Crippen LogP contribution in [0.2, 0.25) is 0 Å². The Morgan fingerprint density at radius 3 is 1.89 bits per heavy atom. The molecule has 0 saturated heterocycles. The lowest BCUT2D eigenvalue weighted by Crippen LogP contribution is -2.27. The fourth-order valence-electron chi connectivity index (χ4n) is 2.07. The fourth-order valence-corrected chi connectivity index (χ4v) is 2.97. The molecule has 0 aromatic heterocycles. The normalized spacial score (nSPS) is 11.1. The molecule has 0 fully saturated rings. The molecule has 0 aliphatic heterocycles. The van der Waals surface area contributed by atoms with Gasteiger partial charge in [0.15, 0.2) is 11.5 Å². The van der Waals surface area contributed by atoms with Crippen LogP contribution in [0.3, 0.4) is 0 Å². The molecule has 9 heteroatoms. The van der Waals surface area contributed by atoms with E-state index in [4.69, 9.17) is 23.9 Å². The van der Waals surface area contributed by atoms with E-state index in [0.29, 0.717) is 11.5 Å². The highest BCUT2D eigenvalue weighted by Crippen LogP contribution is 2.48. The maximum absolute atomic E-state index is 13.0. The smallest absolute Gasteiger partial charge is 0.418 e. The van der Waals surface area contributed by atoms with Crippen molar-refractivity contribution >= 4 is 13.6 Å². The molecule has 0 amide bonds. The van der Waals surface area contributed by atoms with Gasteiger partial charge in [-0.25, -0.2) is 0 Å². The van der Waals surface area contributed by atoms with E-state index in [1.807, 2.05) is 38.1 Å². The predicted molar refractivity (Wildman–Crippen MR) is 103 cm³/mol. The average Bonchev–Trinajstić information content (AvgIpc) is 2.67. The zero-order chi connectivity index (χ0) is 20.4. The number of hydrogen-bond acceptors (Lipinski definition) is 8. The molecule has 0 saturated carbocycles. The molecule has 152 valence electrons. The Morgan fingerprint density at radius 2 is 1.43 bits per heavy atom. The molecular weight excluding hydrogens is 385 g/mol. The third-order valence-electron chi connectivity index (χ3n) is 3.55. The van der Waals surface area contributed by atoms with E-state index >= 15 is 0 Å². The SMILES string of the molecule is CCOC(=O)CNCP(=O)(OOc1ccccc1C)OOc1ccccc1C. The first-order valence-electron chi connectivity index (χ1n) is 8.72. The summed E-state index contributed by atoms with van der Waals surface area (Å²) in [6, 6.07) is 14.1. The van der Waals surface area contributed by atoms with Gasteiger partial charge >= 0.3 is 13.6 Å². The molecule has 0 radical (unpaired) electrons. The Morgan fingerprint density at radius 1 is 0.929 bits per heavy atom. The highest BCUT2D eigenvalue weighted by Gasteiger charge is 2.30. The standard InChI is InChI=1S/C19H24NO7P/c1-4-23-19(21)13-20-14-28(22,26-24-17-11-7-5-9-15(17)2)27-25-18-12-8-6-10-16(18)3/h5-12,20H,4,13-14H2,1-3H3. The summed E-state index contributed by atoms with van der Waals surface area (Å²) in [6.07, 6.45) is -0.330. The fraction of sp³-hybridized carbons (Fsp3) is 0.316. The second kappa shape index (κ2) is 10.8. The third-order valence-corrected chi connectivity index (χ3v) is 4.76. The van der Waals surface area contributed by atoms with E-state index in [2.05, 4.69) is 5.32 Å². The molecule has 1 N–H and O–H groups in total. The Balaban J connectivity index is 2.03. The Bertz CT molecular complexity index is 774. The Labute approximate surface area is 164 Å². The minimum Gasteiger partial charge on any atom is -0.465 e. The van der Waals surface area contributed by atoms with Crippen molar-refractivity contribution in [1.82, 2.24) is 5.32 Å². The van der Waals surface area contributed by atoms with Crippen LogP contribution in [-0.2, 0) is 23.4 Å². The predicted octanol–water partition coefficient (Wildman–Crippen LogP) is 3.93. The summed E-state index contributed by atoms with van der Waals surface area (Å²) in [7, 11) is -3.93. The van der Waals surface area contributed by atoms with Gasteiger partial charge in [0.1, 0.15) is 6.29 Å². The molecule has 0 heterocycles. The van der Waals surface area contributed by atoms with Gasteiger partial charge in [-0.3, -0.25) is 14.7 Å². The number of hydrogen-bond donors (Lipinski definition) is 1. The van der Waals surface area contributed by atoms with Gasteiger partial charge in [0.2, 0.25) is 0 Å². The lowest BCUT2D eigenvalue weighted by Gasteiger charge is -2.17. The van der Waals surface area contributed by atoms with E-state index in [1.165, 1.54) is 0 Å². The maximum Gasteiger partial charge on any atom is 0.418 e. The van der Waals surface area contributed by atoms with E-state index in [1.54, 1.807) is 31.2 Å². The van der Waals surface area contributed by atoms with E-state index in [9.17, 15) is 9.36 Å². The minimum absolute atomic E-state index is 0.167. The highest BCUT2D eigenvalue weighted by molar-refractivity contribution is 7.53. The number of ether oxygens (including phenoxy) is 1. The Hall–Kier alpha value is -2.38. The van der Waals surface area contributed by atoms with Gasteiger partial charge in [0, 0.05) is 0 Å². The summed E-state index contributed by atoms with van der Waals surface area (Å²) in [5.74, 6) is 0.272. The van der Waals surface area contributed by atoms with Gasteiger partial charge < -0.3 is 14.5 Å². The summed E-state index contributed by atoms with van der Waals surface area (Å²) in [4.78, 5) is 21.9. The van der Waals surface area contributed by atoms with Gasteiger partial charge in [0.25, 0.3) is 0 Å². The number of esters is 1. The van der Waals surface area contributed by atoms with Crippen molar-refractivity contribution in [3.63, 3.8) is 0 Å². The zero-order valence-corrected chi connectivity index (χ0v) is 16.9. The second-order valence-corrected chi connectivity index (χ2v) is 7.68. The van der Waals surface area contributed by atoms with Crippen LogP contribution in [0.25, 0.3) is 0 Å². The van der Waals surface area contributed by atoms with E-state index in [0.717, 1.165) is 11.1 Å². The largest absolute Gasteiger partial charge is 0.465 e. The van der Waals surface area contributed by atoms with Crippen molar-refractivity contribution < 1.29 is 33.2 Å². The molecular formula is C19H24NO7P. The van der Waals surface area contributed by atoms with Crippen LogP contribution in [0.15, 0.2) is 48.5 Å². The monoisotopic (exact) mass is 409 g/mol. The molecule has 8 nitrogen and oxygen atoms in total. The Kier molecular flexibility index (Phi) is 8.47. The van der Waals surface area contributed by atoms with Crippen molar-refractivity contribution in [2.45, 2.75) is 20.8 Å². The summed E-state index contributed by atoms with van der Waals surface area (Å²) in [5.41, 5.74) is 1.57. The topological polar surface area (TPSA) is 92.3 Å². The molecule has 0 aliphatic rings. The summed E-state index contributed by atoms with van der Waals surface area (Å²) in [6.45, 7) is 5.40. The van der Waals surface area contributed by atoms with Gasteiger partial charge in [-0.05, 0) is 44.0 Å². The number of benzene rings is 2. The summed E-state index contributed by atoms with van der Waals surface area (Å²) >= 11 is 0. The molecule has 0 unspecified atom stereocenters. The van der Waals surface area contributed by atoms with Crippen molar-refractivity contribution in [1.29, 1.82) is 0 Å². The number of carbonyl (C=O) groups excluding carboxylic acids is 1. The van der Waals surface area contributed by atoms with Crippen LogP contribution >= 0.6 is 7.60 Å². The molecule has 0 spiro atoms. The first kappa shape index (κ1) is 21.9. The van der Waals surface area contributed by atoms with Crippen LogP contribution < -0.4 is 15.1 Å². The molecule has 0 aliphatic carbocycles. The van der Waals surface area contributed by atoms with E-state index < -0.39 is 13.6 Å². The third kappa shape index (κ3) is 6.98. The average molecular weight is 409 g/mol. The first-order valence-corrected chi connectivity index (χ1v) is 10.5. The van der Waals surface area contributed by atoms with Crippen LogP contribution in [0.1, 0.15) is 18.1 Å². The lowest BCUT2D eigenvalue weighted by atomic mass is 10.2. The first-order chi connectivity index (χ1) is 13.4. The maximum atomic E-state index is 13.0. The van der Waals surface area contributed by atoms with Crippen LogP contribution in [0, 0.1) is 13.8 Å². The molecule has 0 atom stereocenters. The van der Waals surface area contributed by atoms with Crippen molar-refractivity contribution in [2.75, 3.05) is 19.4 Å². The van der Waals surface area contributed by atoms with Crippen molar-refractivity contribution in [3.8, 4) is 11.5 Å². The molecule has 2 aromatic rings. The molecule has 2 rings (SSSR count). The number of carbonyl (C=O) groups is 1. The van der Waals surface area contributed by atoms with Crippen molar-refractivity contribution in [2.24, 2.45) is 0 Å². The molecule has 0 bridgehead atoms. The van der Waals surface area contributed by atoms with Crippen LogP contribution in [-0.4, -0.2) is 25.4 Å². The number of aryl methyl sites for hydroxylation is 2. The quantitative estimate of drug-likeness (QED) is 0.258. The van der Waals surface area contributed by atoms with Crippen molar-refractivity contribution in [3.05, 3.63) is 59.7 Å². The minimum atomic E-state index is -3.93. The second-order valence-electron chi connectivity index (χ2n) is 5.85. The van der Waals surface area contributed by atoms with Crippen LogP contribution in [0.5, 0.6) is 11.5 Å². The highest BCUT2D eigenvalue weighted by atomic mass is 31.2. The van der Waals surface area contributed by atoms with Gasteiger partial charge in [-0.15, -0.1) is 0 Å². The van der Waals surface area contributed by atoms with Gasteiger partial charge in [-0.2, -0.15) is 0 Å². The van der Waals surface area contributed by atoms with E-state index in [-0.39, 0.29) is 19.4 Å². The summed E-state index contributed by atoms with van der Waals surface area (Å²) < 4.78 is 28.0. The molecule has 28 heavy (non-hydrogen) atoms. The number of para-hydroxylation sites is 2.